The van der Waals surface area contributed by atoms with E-state index in [0.717, 1.165) is 11.3 Å². The highest BCUT2D eigenvalue weighted by Gasteiger charge is 2.16. The summed E-state index contributed by atoms with van der Waals surface area (Å²) in [5.41, 5.74) is 0.692. The largest absolute Gasteiger partial charge is 0.493 e. The lowest BCUT2D eigenvalue weighted by Crippen LogP contribution is -2.23. The van der Waals surface area contributed by atoms with Crippen LogP contribution in [0.4, 0.5) is 15.6 Å². The van der Waals surface area contributed by atoms with Gasteiger partial charge in [-0.2, -0.15) is 0 Å². The zero-order valence-corrected chi connectivity index (χ0v) is 15.7. The van der Waals surface area contributed by atoms with E-state index in [4.69, 9.17) is 14.2 Å². The third-order valence-corrected chi connectivity index (χ3v) is 3.97. The van der Waals surface area contributed by atoms with Crippen LogP contribution >= 0.6 is 11.3 Å². The first-order chi connectivity index (χ1) is 12.5. The highest BCUT2D eigenvalue weighted by molar-refractivity contribution is 7.14. The molecule has 0 radical (unpaired) electrons. The van der Waals surface area contributed by atoms with Gasteiger partial charge in [0.25, 0.3) is 5.91 Å². The molecule has 1 aromatic heterocycles. The maximum atomic E-state index is 12.2. The molecule has 1 heterocycles. The summed E-state index contributed by atoms with van der Waals surface area (Å²) in [6, 6.07) is 2.68. The SMILES string of the molecule is CCNC(=O)c1csc(NC(=O)Nc2cc(OC)c(OC)c(OC)c2)n1. The number of carbonyl (C=O) groups excluding carboxylic acids is 2. The quantitative estimate of drug-likeness (QED) is 0.681. The normalized spacial score (nSPS) is 10.0. The molecule has 0 atom stereocenters. The Kier molecular flexibility index (Phi) is 6.61. The molecule has 10 heteroatoms. The number of ether oxygens (including phenoxy) is 3. The number of thiazole rings is 1. The van der Waals surface area contributed by atoms with E-state index in [-0.39, 0.29) is 11.6 Å². The van der Waals surface area contributed by atoms with Crippen molar-refractivity contribution in [3.05, 3.63) is 23.2 Å². The monoisotopic (exact) mass is 380 g/mol. The minimum atomic E-state index is -0.518. The lowest BCUT2D eigenvalue weighted by molar-refractivity contribution is 0.0951. The van der Waals surface area contributed by atoms with E-state index in [2.05, 4.69) is 20.9 Å². The fourth-order valence-electron chi connectivity index (χ4n) is 2.10. The van der Waals surface area contributed by atoms with Crippen LogP contribution in [-0.4, -0.2) is 44.8 Å². The van der Waals surface area contributed by atoms with E-state index < -0.39 is 6.03 Å². The number of rotatable bonds is 7. The average molecular weight is 380 g/mol. The van der Waals surface area contributed by atoms with Gasteiger partial charge >= 0.3 is 6.03 Å². The van der Waals surface area contributed by atoms with Gasteiger partial charge in [-0.15, -0.1) is 11.3 Å². The number of anilines is 2. The molecule has 3 N–H and O–H groups in total. The third kappa shape index (κ3) is 4.54. The van der Waals surface area contributed by atoms with E-state index in [1.54, 1.807) is 17.5 Å². The lowest BCUT2D eigenvalue weighted by atomic mass is 10.2. The number of nitrogens with one attached hydrogen (secondary N) is 3. The molecule has 9 nitrogen and oxygen atoms in total. The first-order valence-electron chi connectivity index (χ1n) is 7.64. The minimum absolute atomic E-state index is 0.250. The van der Waals surface area contributed by atoms with Gasteiger partial charge in [-0.3, -0.25) is 10.1 Å². The molecule has 26 heavy (non-hydrogen) atoms. The van der Waals surface area contributed by atoms with Gasteiger partial charge in [0.1, 0.15) is 5.69 Å². The second kappa shape index (κ2) is 8.90. The maximum Gasteiger partial charge on any atom is 0.325 e. The molecule has 0 saturated carbocycles. The Morgan fingerprint density at radius 3 is 2.27 bits per heavy atom. The molecule has 2 aromatic rings. The average Bonchev–Trinajstić information content (AvgIpc) is 3.09. The Morgan fingerprint density at radius 2 is 1.73 bits per heavy atom. The molecular formula is C16H20N4O5S. The maximum absolute atomic E-state index is 12.2. The van der Waals surface area contributed by atoms with Crippen LogP contribution in [0.2, 0.25) is 0 Å². The van der Waals surface area contributed by atoms with Crippen LogP contribution in [0.5, 0.6) is 17.2 Å². The van der Waals surface area contributed by atoms with Crippen LogP contribution in [0.15, 0.2) is 17.5 Å². The summed E-state index contributed by atoms with van der Waals surface area (Å²) in [7, 11) is 4.47. The van der Waals surface area contributed by atoms with Crippen LogP contribution in [0.25, 0.3) is 0 Å². The predicted octanol–water partition coefficient (Wildman–Crippen LogP) is 2.56. The molecule has 0 spiro atoms. The summed E-state index contributed by atoms with van der Waals surface area (Å²) in [4.78, 5) is 27.9. The van der Waals surface area contributed by atoms with Crippen molar-refractivity contribution in [1.29, 1.82) is 0 Å². The van der Waals surface area contributed by atoms with Gasteiger partial charge in [-0.05, 0) is 6.92 Å². The van der Waals surface area contributed by atoms with Crippen molar-refractivity contribution in [3.63, 3.8) is 0 Å². The Bertz CT molecular complexity index is 768. The van der Waals surface area contributed by atoms with Crippen molar-refractivity contribution < 1.29 is 23.8 Å². The van der Waals surface area contributed by atoms with Gasteiger partial charge in [-0.1, -0.05) is 0 Å². The summed E-state index contributed by atoms with van der Waals surface area (Å²) in [6.45, 7) is 2.31. The fraction of sp³-hybridized carbons (Fsp3) is 0.312. The van der Waals surface area contributed by atoms with Crippen LogP contribution in [0, 0.1) is 0 Å². The van der Waals surface area contributed by atoms with Crippen LogP contribution in [0.3, 0.4) is 0 Å². The number of methoxy groups -OCH3 is 3. The molecule has 0 aliphatic carbocycles. The van der Waals surface area contributed by atoms with Crippen LogP contribution < -0.4 is 30.2 Å². The van der Waals surface area contributed by atoms with Gasteiger partial charge in [-0.25, -0.2) is 9.78 Å². The number of benzene rings is 1. The number of hydrogen-bond acceptors (Lipinski definition) is 7. The first kappa shape index (κ1) is 19.3. The minimum Gasteiger partial charge on any atom is -0.493 e. The summed E-state index contributed by atoms with van der Waals surface area (Å²) in [5.74, 6) is 0.958. The molecule has 0 aliphatic heterocycles. The summed E-state index contributed by atoms with van der Waals surface area (Å²) in [5, 5.41) is 9.74. The second-order valence-electron chi connectivity index (χ2n) is 4.89. The van der Waals surface area contributed by atoms with Crippen LogP contribution in [-0.2, 0) is 0 Å². The smallest absolute Gasteiger partial charge is 0.325 e. The zero-order valence-electron chi connectivity index (χ0n) is 14.8. The number of aromatic nitrogens is 1. The second-order valence-corrected chi connectivity index (χ2v) is 5.75. The number of nitrogens with zero attached hydrogens (tertiary/aromatic N) is 1. The molecule has 0 aliphatic rings. The van der Waals surface area contributed by atoms with Crippen molar-refractivity contribution in [3.8, 4) is 17.2 Å². The Labute approximate surface area is 154 Å². The molecule has 0 bridgehead atoms. The van der Waals surface area contributed by atoms with Gasteiger partial charge in [0, 0.05) is 24.1 Å². The highest BCUT2D eigenvalue weighted by Crippen LogP contribution is 2.39. The predicted molar refractivity (Wildman–Crippen MR) is 98.9 cm³/mol. The van der Waals surface area contributed by atoms with Crippen molar-refractivity contribution >= 4 is 34.1 Å². The Morgan fingerprint density at radius 1 is 1.08 bits per heavy atom. The molecule has 1 aromatic carbocycles. The Balaban J connectivity index is 2.09. The lowest BCUT2D eigenvalue weighted by Gasteiger charge is -2.14. The molecule has 0 fully saturated rings. The van der Waals surface area contributed by atoms with Crippen molar-refractivity contribution in [2.45, 2.75) is 6.92 Å². The van der Waals surface area contributed by atoms with Gasteiger partial charge < -0.3 is 24.8 Å². The van der Waals surface area contributed by atoms with E-state index in [1.807, 2.05) is 6.92 Å². The van der Waals surface area contributed by atoms with Crippen molar-refractivity contribution in [2.24, 2.45) is 0 Å². The highest BCUT2D eigenvalue weighted by atomic mass is 32.1. The third-order valence-electron chi connectivity index (χ3n) is 3.22. The van der Waals surface area contributed by atoms with Crippen LogP contribution in [0.1, 0.15) is 17.4 Å². The number of urea groups is 1. The molecule has 0 saturated heterocycles. The van der Waals surface area contributed by atoms with Crippen molar-refractivity contribution in [2.75, 3.05) is 38.5 Å². The standard InChI is InChI=1S/C16H20N4O5S/c1-5-17-14(21)10-8-26-16(19-10)20-15(22)18-9-6-11(23-2)13(25-4)12(7-9)24-3/h6-8H,5H2,1-4H3,(H,17,21)(H2,18,19,20,22). The van der Waals surface area contributed by atoms with Gasteiger partial charge in [0.2, 0.25) is 5.75 Å². The number of carbonyl (C=O) groups is 2. The molecule has 140 valence electrons. The van der Waals surface area contributed by atoms with E-state index >= 15 is 0 Å². The zero-order chi connectivity index (χ0) is 19.1. The molecule has 0 unspecified atom stereocenters. The summed E-state index contributed by atoms with van der Waals surface area (Å²) >= 11 is 1.15. The van der Waals surface area contributed by atoms with Crippen molar-refractivity contribution in [1.82, 2.24) is 10.3 Å². The number of amides is 3. The molecule has 3 amide bonds. The Hall–Kier alpha value is -3.01. The van der Waals surface area contributed by atoms with E-state index in [0.29, 0.717) is 34.6 Å². The summed E-state index contributed by atoms with van der Waals surface area (Å²) < 4.78 is 15.7. The summed E-state index contributed by atoms with van der Waals surface area (Å²) in [6.07, 6.45) is 0. The molecular weight excluding hydrogens is 360 g/mol. The topological polar surface area (TPSA) is 111 Å². The van der Waals surface area contributed by atoms with Gasteiger partial charge in [0.05, 0.1) is 27.0 Å². The number of hydrogen-bond donors (Lipinski definition) is 3. The molecule has 2 rings (SSSR count). The fourth-order valence-corrected chi connectivity index (χ4v) is 2.78. The first-order valence-corrected chi connectivity index (χ1v) is 8.52. The van der Waals surface area contributed by atoms with E-state index in [1.165, 1.54) is 21.3 Å². The van der Waals surface area contributed by atoms with Gasteiger partial charge in [0.15, 0.2) is 16.6 Å². The van der Waals surface area contributed by atoms with E-state index in [9.17, 15) is 9.59 Å².